The second-order valence-electron chi connectivity index (χ2n) is 6.94. The van der Waals surface area contributed by atoms with Gasteiger partial charge in [0.1, 0.15) is 0 Å². The fourth-order valence-corrected chi connectivity index (χ4v) is 4.84. The summed E-state index contributed by atoms with van der Waals surface area (Å²) in [5.41, 5.74) is -0.0749. The number of ether oxygens (including phenoxy) is 1. The van der Waals surface area contributed by atoms with E-state index in [9.17, 15) is 18.0 Å². The van der Waals surface area contributed by atoms with Gasteiger partial charge in [0.2, 0.25) is 10.0 Å². The molecule has 1 heterocycles. The predicted molar refractivity (Wildman–Crippen MR) is 107 cm³/mol. The van der Waals surface area contributed by atoms with Crippen LogP contribution in [0, 0.1) is 0 Å². The number of carbonyl (C=O) groups is 2. The molecular formula is C19H27ClN2O5S. The van der Waals surface area contributed by atoms with Crippen molar-refractivity contribution in [2.45, 2.75) is 56.9 Å². The van der Waals surface area contributed by atoms with Crippen LogP contribution in [0.1, 0.15) is 56.3 Å². The van der Waals surface area contributed by atoms with Crippen molar-refractivity contribution in [2.75, 3.05) is 19.7 Å². The van der Waals surface area contributed by atoms with Gasteiger partial charge < -0.3 is 10.1 Å². The maximum absolute atomic E-state index is 12.8. The molecule has 1 aromatic carbocycles. The van der Waals surface area contributed by atoms with Crippen LogP contribution >= 0.6 is 11.6 Å². The minimum atomic E-state index is -3.70. The number of sulfonamides is 1. The fourth-order valence-electron chi connectivity index (χ4n) is 3.11. The van der Waals surface area contributed by atoms with E-state index >= 15 is 0 Å². The molecule has 28 heavy (non-hydrogen) atoms. The highest BCUT2D eigenvalue weighted by Crippen LogP contribution is 2.25. The Morgan fingerprint density at radius 2 is 1.93 bits per heavy atom. The van der Waals surface area contributed by atoms with Gasteiger partial charge in [0, 0.05) is 19.1 Å². The van der Waals surface area contributed by atoms with Gasteiger partial charge in [-0.3, -0.25) is 4.79 Å². The highest BCUT2D eigenvalue weighted by atomic mass is 35.5. The van der Waals surface area contributed by atoms with Gasteiger partial charge in [-0.15, -0.1) is 0 Å². The van der Waals surface area contributed by atoms with Crippen LogP contribution in [-0.2, 0) is 19.6 Å². The van der Waals surface area contributed by atoms with Gasteiger partial charge in [-0.05, 0) is 44.4 Å². The molecular weight excluding hydrogens is 404 g/mol. The van der Waals surface area contributed by atoms with Crippen LogP contribution in [0.3, 0.4) is 0 Å². The monoisotopic (exact) mass is 430 g/mol. The van der Waals surface area contributed by atoms with E-state index in [0.29, 0.717) is 13.1 Å². The third-order valence-corrected chi connectivity index (χ3v) is 6.80. The topological polar surface area (TPSA) is 92.8 Å². The smallest absolute Gasteiger partial charge is 0.340 e. The molecule has 7 nitrogen and oxygen atoms in total. The third kappa shape index (κ3) is 5.93. The van der Waals surface area contributed by atoms with E-state index in [1.807, 2.05) is 13.8 Å². The Morgan fingerprint density at radius 1 is 1.25 bits per heavy atom. The van der Waals surface area contributed by atoms with Crippen LogP contribution in [0.5, 0.6) is 0 Å². The van der Waals surface area contributed by atoms with E-state index in [2.05, 4.69) is 5.32 Å². The second kappa shape index (κ2) is 10.2. The minimum Gasteiger partial charge on any atom is -0.452 e. The van der Waals surface area contributed by atoms with E-state index in [4.69, 9.17) is 16.3 Å². The zero-order valence-electron chi connectivity index (χ0n) is 16.2. The highest BCUT2D eigenvalue weighted by molar-refractivity contribution is 7.89. The van der Waals surface area contributed by atoms with Crippen molar-refractivity contribution >= 4 is 33.5 Å². The number of nitrogens with one attached hydrogen (secondary N) is 1. The Labute approximate surface area is 171 Å². The third-order valence-electron chi connectivity index (χ3n) is 4.57. The van der Waals surface area contributed by atoms with Crippen LogP contribution in [0.15, 0.2) is 23.1 Å². The molecule has 1 amide bonds. The first-order valence-corrected chi connectivity index (χ1v) is 11.3. The highest BCUT2D eigenvalue weighted by Gasteiger charge is 2.27. The molecule has 1 aromatic rings. The SMILES string of the molecule is CCC[C@H](C)NC(=O)COC(=O)c1cc(S(=O)(=O)N2CCCCC2)ccc1Cl. The molecule has 1 fully saturated rings. The van der Waals surface area contributed by atoms with Crippen molar-refractivity contribution in [3.8, 4) is 0 Å². The van der Waals surface area contributed by atoms with Gasteiger partial charge in [0.15, 0.2) is 6.61 Å². The lowest BCUT2D eigenvalue weighted by atomic mass is 10.2. The van der Waals surface area contributed by atoms with E-state index in [0.717, 1.165) is 32.1 Å². The van der Waals surface area contributed by atoms with E-state index in [1.165, 1.54) is 22.5 Å². The van der Waals surface area contributed by atoms with Crippen LogP contribution in [-0.4, -0.2) is 50.3 Å². The Bertz CT molecular complexity index is 807. The first kappa shape index (κ1) is 22.6. The van der Waals surface area contributed by atoms with Crippen LogP contribution in [0.25, 0.3) is 0 Å². The molecule has 1 N–H and O–H groups in total. The number of benzene rings is 1. The average molecular weight is 431 g/mol. The number of hydrogen-bond acceptors (Lipinski definition) is 5. The standard InChI is InChI=1S/C19H27ClN2O5S/c1-3-7-14(2)21-18(23)13-27-19(24)16-12-15(8-9-17(16)20)28(25,26)22-10-5-4-6-11-22/h8-9,12,14H,3-7,10-11,13H2,1-2H3,(H,21,23)/t14-/m0/s1. The number of piperidine rings is 1. The molecule has 0 unspecified atom stereocenters. The molecule has 1 saturated heterocycles. The normalized spacial score (nSPS) is 16.4. The lowest BCUT2D eigenvalue weighted by Gasteiger charge is -2.26. The van der Waals surface area contributed by atoms with Crippen molar-refractivity contribution in [1.29, 1.82) is 0 Å². The van der Waals surface area contributed by atoms with E-state index in [-0.39, 0.29) is 21.5 Å². The van der Waals surface area contributed by atoms with Crippen molar-refractivity contribution in [3.05, 3.63) is 28.8 Å². The molecule has 156 valence electrons. The van der Waals surface area contributed by atoms with Gasteiger partial charge in [0.25, 0.3) is 5.91 Å². The number of carbonyl (C=O) groups excluding carboxylic acids is 2. The molecule has 9 heteroatoms. The molecule has 0 radical (unpaired) electrons. The van der Waals surface area contributed by atoms with Crippen LogP contribution < -0.4 is 5.32 Å². The second-order valence-corrected chi connectivity index (χ2v) is 9.28. The maximum atomic E-state index is 12.8. The van der Waals surface area contributed by atoms with Crippen molar-refractivity contribution in [2.24, 2.45) is 0 Å². The first-order chi connectivity index (χ1) is 13.3. The summed E-state index contributed by atoms with van der Waals surface area (Å²) in [6, 6.07) is 3.94. The van der Waals surface area contributed by atoms with Crippen LogP contribution in [0.2, 0.25) is 5.02 Å². The van der Waals surface area contributed by atoms with Crippen molar-refractivity contribution in [1.82, 2.24) is 9.62 Å². The quantitative estimate of drug-likeness (QED) is 0.640. The van der Waals surface area contributed by atoms with Gasteiger partial charge in [-0.1, -0.05) is 31.4 Å². The minimum absolute atomic E-state index is 0.00762. The Morgan fingerprint density at radius 3 is 2.57 bits per heavy atom. The zero-order chi connectivity index (χ0) is 20.7. The average Bonchev–Trinajstić information content (AvgIpc) is 2.67. The van der Waals surface area contributed by atoms with E-state index < -0.39 is 28.5 Å². The molecule has 0 saturated carbocycles. The predicted octanol–water partition coefficient (Wildman–Crippen LogP) is 2.98. The summed E-state index contributed by atoms with van der Waals surface area (Å²) in [4.78, 5) is 24.2. The summed E-state index contributed by atoms with van der Waals surface area (Å²) >= 11 is 6.06. The molecule has 1 atom stereocenters. The van der Waals surface area contributed by atoms with Gasteiger partial charge in [-0.25, -0.2) is 13.2 Å². The number of halogens is 1. The first-order valence-electron chi connectivity index (χ1n) is 9.52. The van der Waals surface area contributed by atoms with Crippen LogP contribution in [0.4, 0.5) is 0 Å². The zero-order valence-corrected chi connectivity index (χ0v) is 17.8. The summed E-state index contributed by atoms with van der Waals surface area (Å²) in [5, 5.41) is 2.80. The maximum Gasteiger partial charge on any atom is 0.340 e. The van der Waals surface area contributed by atoms with Crippen molar-refractivity contribution in [3.63, 3.8) is 0 Å². The molecule has 0 bridgehead atoms. The number of esters is 1. The van der Waals surface area contributed by atoms with Crippen molar-refractivity contribution < 1.29 is 22.7 Å². The lowest BCUT2D eigenvalue weighted by molar-refractivity contribution is -0.124. The van der Waals surface area contributed by atoms with Gasteiger partial charge in [-0.2, -0.15) is 4.31 Å². The van der Waals surface area contributed by atoms with Gasteiger partial charge in [0.05, 0.1) is 15.5 Å². The lowest BCUT2D eigenvalue weighted by Crippen LogP contribution is -2.36. The number of rotatable bonds is 8. The molecule has 0 aromatic heterocycles. The molecule has 0 aliphatic carbocycles. The molecule has 1 aliphatic heterocycles. The van der Waals surface area contributed by atoms with E-state index in [1.54, 1.807) is 0 Å². The Balaban J connectivity index is 2.08. The Kier molecular flexibility index (Phi) is 8.27. The fraction of sp³-hybridized carbons (Fsp3) is 0.579. The number of amides is 1. The number of hydrogen-bond donors (Lipinski definition) is 1. The summed E-state index contributed by atoms with van der Waals surface area (Å²) in [6.45, 7) is 4.35. The Hall–Kier alpha value is -1.64. The molecule has 0 spiro atoms. The summed E-state index contributed by atoms with van der Waals surface area (Å²) in [5.74, 6) is -1.25. The summed E-state index contributed by atoms with van der Waals surface area (Å²) in [7, 11) is -3.70. The largest absolute Gasteiger partial charge is 0.452 e. The molecule has 2 rings (SSSR count). The van der Waals surface area contributed by atoms with Gasteiger partial charge >= 0.3 is 5.97 Å². The number of nitrogens with zero attached hydrogens (tertiary/aromatic N) is 1. The molecule has 1 aliphatic rings. The summed E-state index contributed by atoms with van der Waals surface area (Å²) < 4.78 is 32.0. The summed E-state index contributed by atoms with van der Waals surface area (Å²) in [6.07, 6.45) is 4.38.